The monoisotopic (exact) mass is 387 g/mol. The van der Waals surface area contributed by atoms with Gasteiger partial charge in [-0.15, -0.1) is 0 Å². The van der Waals surface area contributed by atoms with Crippen molar-refractivity contribution < 1.29 is 28.9 Å². The second-order valence-electron chi connectivity index (χ2n) is 5.61. The molecular formula is C16H24N2O7P+. The number of hydrogen-bond donors (Lipinski definition) is 3. The van der Waals surface area contributed by atoms with Crippen LogP contribution in [0.2, 0.25) is 0 Å². The number of benzene rings is 1. The quantitative estimate of drug-likeness (QED) is 0.269. The molecule has 0 radical (unpaired) electrons. The Morgan fingerprint density at radius 3 is 2.65 bits per heavy atom. The van der Waals surface area contributed by atoms with Crippen molar-refractivity contribution in [1.82, 2.24) is 5.32 Å². The Balaban J connectivity index is 2.03. The van der Waals surface area contributed by atoms with Gasteiger partial charge in [-0.25, -0.2) is 9.79 Å². The number of nitrogens with zero attached hydrogens (tertiary/aromatic N) is 1. The van der Waals surface area contributed by atoms with Gasteiger partial charge in [0, 0.05) is 12.1 Å². The van der Waals surface area contributed by atoms with Crippen LogP contribution >= 0.6 is 7.72 Å². The summed E-state index contributed by atoms with van der Waals surface area (Å²) in [6.07, 6.45) is 0. The number of rotatable bonds is 8. The van der Waals surface area contributed by atoms with Gasteiger partial charge in [0.1, 0.15) is 12.4 Å². The molecular weight excluding hydrogens is 363 g/mol. The van der Waals surface area contributed by atoms with E-state index in [9.17, 15) is 19.9 Å². The lowest BCUT2D eigenvalue weighted by atomic mass is 10.1. The van der Waals surface area contributed by atoms with Crippen LogP contribution in [0.4, 0.5) is 5.69 Å². The first kappa shape index (κ1) is 20.7. The van der Waals surface area contributed by atoms with Gasteiger partial charge in [0.15, 0.2) is 5.82 Å². The molecule has 1 aromatic carbocycles. The highest BCUT2D eigenvalue weighted by atomic mass is 31.2. The molecule has 0 aromatic heterocycles. The molecule has 1 atom stereocenters. The van der Waals surface area contributed by atoms with Gasteiger partial charge in [-0.1, -0.05) is 12.1 Å². The molecule has 0 amide bonds. The molecule has 3 N–H and O–H groups in total. The Bertz CT molecular complexity index is 637. The van der Waals surface area contributed by atoms with E-state index in [1.165, 1.54) is 17.9 Å². The molecule has 9 nitrogen and oxygen atoms in total. The Kier molecular flexibility index (Phi) is 7.45. The molecule has 0 saturated carbocycles. The van der Waals surface area contributed by atoms with Crippen molar-refractivity contribution in [3.63, 3.8) is 0 Å². The van der Waals surface area contributed by atoms with Crippen LogP contribution in [0.5, 0.6) is 0 Å². The fourth-order valence-electron chi connectivity index (χ4n) is 2.50. The summed E-state index contributed by atoms with van der Waals surface area (Å²) in [6.45, 7) is 4.50. The van der Waals surface area contributed by atoms with Gasteiger partial charge in [-0.3, -0.25) is 15.4 Å². The normalized spacial score (nSPS) is 19.6. The van der Waals surface area contributed by atoms with E-state index in [1.807, 2.05) is 0 Å². The molecule has 144 valence electrons. The van der Waals surface area contributed by atoms with E-state index >= 15 is 0 Å². The number of hydrogen-bond acceptors (Lipinski definition) is 8. The van der Waals surface area contributed by atoms with Gasteiger partial charge < -0.3 is 14.2 Å². The van der Waals surface area contributed by atoms with Gasteiger partial charge in [-0.2, -0.15) is 0 Å². The Labute approximate surface area is 152 Å². The van der Waals surface area contributed by atoms with Crippen molar-refractivity contribution in [3.8, 4) is 0 Å². The van der Waals surface area contributed by atoms with Gasteiger partial charge in [0.05, 0.1) is 30.7 Å². The molecule has 0 spiro atoms. The minimum Gasteiger partial charge on any atom is -0.491 e. The third-order valence-corrected chi connectivity index (χ3v) is 5.29. The zero-order valence-electron chi connectivity index (χ0n) is 14.7. The summed E-state index contributed by atoms with van der Waals surface area (Å²) in [7, 11) is -3.63. The number of nitro groups is 1. The first-order valence-electron chi connectivity index (χ1n) is 8.26. The van der Waals surface area contributed by atoms with Crippen LogP contribution in [0.25, 0.3) is 0 Å². The van der Waals surface area contributed by atoms with Gasteiger partial charge >= 0.3 is 13.7 Å². The summed E-state index contributed by atoms with van der Waals surface area (Å²) in [4.78, 5) is 31.1. The third kappa shape index (κ3) is 5.44. The number of nitro benzene ring substituents is 1. The van der Waals surface area contributed by atoms with Crippen LogP contribution in [-0.4, -0.2) is 47.1 Å². The molecule has 2 rings (SSSR count). The van der Waals surface area contributed by atoms with E-state index in [1.54, 1.807) is 26.0 Å². The predicted octanol–water partition coefficient (Wildman–Crippen LogP) is 2.29. The molecule has 1 heterocycles. The number of ether oxygens (including phenoxy) is 3. The fraction of sp³-hybridized carbons (Fsp3) is 0.500. The molecule has 0 unspecified atom stereocenters. The maximum absolute atomic E-state index is 10.9. The summed E-state index contributed by atoms with van der Waals surface area (Å²) < 4.78 is 16.1. The average molecular weight is 387 g/mol. The van der Waals surface area contributed by atoms with Crippen LogP contribution < -0.4 is 5.32 Å². The van der Waals surface area contributed by atoms with Gasteiger partial charge in [0.25, 0.3) is 5.69 Å². The van der Waals surface area contributed by atoms with Crippen molar-refractivity contribution in [2.75, 3.05) is 26.4 Å². The van der Waals surface area contributed by atoms with E-state index in [0.717, 1.165) is 5.56 Å². The molecule has 1 aliphatic rings. The smallest absolute Gasteiger partial charge is 0.356 e. The lowest BCUT2D eigenvalue weighted by molar-refractivity contribution is -0.384. The SMILES string of the molecule is CCOC(OCC)[P+](O)(O)C=C1CN[C@@H](c2cccc([N+](=O)[O-])c2)CO1. The second-order valence-corrected chi connectivity index (χ2v) is 7.69. The Morgan fingerprint density at radius 1 is 1.42 bits per heavy atom. The first-order chi connectivity index (χ1) is 12.4. The fourth-order valence-corrected chi connectivity index (χ4v) is 3.95. The molecule has 26 heavy (non-hydrogen) atoms. The maximum Gasteiger partial charge on any atom is 0.356 e. The lowest BCUT2D eigenvalue weighted by Crippen LogP contribution is -2.33. The molecule has 0 bridgehead atoms. The summed E-state index contributed by atoms with van der Waals surface area (Å²) >= 11 is 0. The highest BCUT2D eigenvalue weighted by Crippen LogP contribution is 2.58. The van der Waals surface area contributed by atoms with Crippen molar-refractivity contribution in [2.24, 2.45) is 0 Å². The maximum atomic E-state index is 10.9. The van der Waals surface area contributed by atoms with Crippen molar-refractivity contribution in [3.05, 3.63) is 51.5 Å². The van der Waals surface area contributed by atoms with E-state index in [-0.39, 0.29) is 38.1 Å². The highest BCUT2D eigenvalue weighted by molar-refractivity contribution is 7.68. The topological polar surface area (TPSA) is 123 Å². The molecule has 1 aromatic rings. The molecule has 10 heteroatoms. The van der Waals surface area contributed by atoms with E-state index < -0.39 is 18.7 Å². The van der Waals surface area contributed by atoms with E-state index in [2.05, 4.69) is 5.32 Å². The predicted molar refractivity (Wildman–Crippen MR) is 96.3 cm³/mol. The number of non-ortho nitro benzene ring substituents is 1. The molecule has 0 aliphatic carbocycles. The zero-order valence-corrected chi connectivity index (χ0v) is 15.6. The zero-order chi connectivity index (χ0) is 19.2. The lowest BCUT2D eigenvalue weighted by Gasteiger charge is -2.27. The molecule has 1 saturated heterocycles. The largest absolute Gasteiger partial charge is 0.491 e. The third-order valence-electron chi connectivity index (χ3n) is 3.70. The van der Waals surface area contributed by atoms with Crippen LogP contribution in [-0.2, 0) is 14.2 Å². The summed E-state index contributed by atoms with van der Waals surface area (Å²) in [5, 5.41) is 14.1. The summed E-state index contributed by atoms with van der Waals surface area (Å²) in [5.74, 6) is 1.62. The van der Waals surface area contributed by atoms with Crippen LogP contribution in [0.1, 0.15) is 25.5 Å². The van der Waals surface area contributed by atoms with E-state index in [4.69, 9.17) is 14.2 Å². The Hall–Kier alpha value is -1.61. The van der Waals surface area contributed by atoms with Gasteiger partial charge in [0.2, 0.25) is 0 Å². The van der Waals surface area contributed by atoms with Crippen LogP contribution in [0.15, 0.2) is 35.8 Å². The van der Waals surface area contributed by atoms with Crippen LogP contribution in [0, 0.1) is 10.1 Å². The van der Waals surface area contributed by atoms with Gasteiger partial charge in [-0.05, 0) is 19.4 Å². The molecule has 1 aliphatic heterocycles. The summed E-state index contributed by atoms with van der Waals surface area (Å²) in [6, 6.07) is 4.96. The minimum atomic E-state index is -3.63. The van der Waals surface area contributed by atoms with Crippen molar-refractivity contribution in [2.45, 2.75) is 25.9 Å². The number of morpholine rings is 1. The number of nitrogens with one attached hydrogen (secondary N) is 1. The van der Waals surface area contributed by atoms with Crippen molar-refractivity contribution in [1.29, 1.82) is 0 Å². The van der Waals surface area contributed by atoms with Crippen LogP contribution in [0.3, 0.4) is 0 Å². The first-order valence-corrected chi connectivity index (χ1v) is 10.1. The van der Waals surface area contributed by atoms with Crippen molar-refractivity contribution >= 4 is 13.4 Å². The summed E-state index contributed by atoms with van der Waals surface area (Å²) in [5.41, 5.74) is 0.742. The second kappa shape index (κ2) is 9.36. The van der Waals surface area contributed by atoms with E-state index in [0.29, 0.717) is 5.76 Å². The highest BCUT2D eigenvalue weighted by Gasteiger charge is 2.46. The Morgan fingerprint density at radius 2 is 2.12 bits per heavy atom. The minimum absolute atomic E-state index is 0.0116. The average Bonchev–Trinajstić information content (AvgIpc) is 2.62. The molecule has 1 fully saturated rings. The standard InChI is InChI=1S/C16H24N2O7P/c1-3-23-16(24-4-2)26(21,22)11-14-9-17-15(10-25-14)12-6-5-7-13(8-12)18(19)20/h5-8,11,15-17,21-22H,3-4,9-10H2,1-2H3/q+1/t15-/m1/s1.